The summed E-state index contributed by atoms with van der Waals surface area (Å²) in [6.45, 7) is 3.19. The summed E-state index contributed by atoms with van der Waals surface area (Å²) in [6.07, 6.45) is 3.79. The third-order valence-electron chi connectivity index (χ3n) is 9.24. The monoisotopic (exact) mass is 742 g/mol. The van der Waals surface area contributed by atoms with Gasteiger partial charge in [0, 0.05) is 54.3 Å². The van der Waals surface area contributed by atoms with Gasteiger partial charge in [-0.15, -0.1) is 0 Å². The molecule has 0 saturated heterocycles. The summed E-state index contributed by atoms with van der Waals surface area (Å²) in [5, 5.41) is 24.9. The highest BCUT2D eigenvalue weighted by atomic mass is 16.5. The number of benzene rings is 2. The number of anilines is 1. The molecule has 2 aromatic heterocycles. The van der Waals surface area contributed by atoms with E-state index in [0.717, 1.165) is 27.8 Å². The van der Waals surface area contributed by atoms with E-state index in [0.29, 0.717) is 41.2 Å². The maximum absolute atomic E-state index is 13.5. The maximum Gasteiger partial charge on any atom is 0.325 e. The third-order valence-corrected chi connectivity index (χ3v) is 9.24. The van der Waals surface area contributed by atoms with Crippen molar-refractivity contribution < 1.29 is 48.3 Å². The Hall–Kier alpha value is -5.70. The van der Waals surface area contributed by atoms with Crippen molar-refractivity contribution in [3.63, 3.8) is 0 Å². The van der Waals surface area contributed by atoms with Gasteiger partial charge >= 0.3 is 11.9 Å². The fourth-order valence-corrected chi connectivity index (χ4v) is 5.97. The molecule has 2 atom stereocenters. The fourth-order valence-electron chi connectivity index (χ4n) is 5.97. The second kappa shape index (κ2) is 19.4. The van der Waals surface area contributed by atoms with Gasteiger partial charge < -0.3 is 34.5 Å². The number of nitrogens with one attached hydrogen (secondary N) is 2. The number of carbonyl (C=O) groups is 4. The highest BCUT2D eigenvalue weighted by molar-refractivity contribution is 6.04. The van der Waals surface area contributed by atoms with Gasteiger partial charge in [-0.25, -0.2) is 0 Å². The van der Waals surface area contributed by atoms with Gasteiger partial charge in [0.1, 0.15) is 28.9 Å². The summed E-state index contributed by atoms with van der Waals surface area (Å²) >= 11 is 0. The second-order valence-corrected chi connectivity index (χ2v) is 12.5. The summed E-state index contributed by atoms with van der Waals surface area (Å²) in [5.41, 5.74) is 6.45. The molecule has 2 heterocycles. The summed E-state index contributed by atoms with van der Waals surface area (Å²) in [5.74, 6) is -1.63. The highest BCUT2D eigenvalue weighted by Gasteiger charge is 2.22. The number of hydrogen-bond donors (Lipinski definition) is 4. The van der Waals surface area contributed by atoms with Crippen LogP contribution in [0.25, 0.3) is 11.1 Å². The molecule has 286 valence electrons. The Labute approximate surface area is 313 Å². The number of carbonyl (C=O) groups excluding carboxylic acids is 4. The number of esters is 2. The van der Waals surface area contributed by atoms with Gasteiger partial charge in [0.25, 0.3) is 5.91 Å². The largest absolute Gasteiger partial charge is 0.496 e. The topological polar surface area (TPSA) is 195 Å². The van der Waals surface area contributed by atoms with Gasteiger partial charge in [-0.3, -0.25) is 34.5 Å². The first-order chi connectivity index (χ1) is 26.0. The van der Waals surface area contributed by atoms with Crippen molar-refractivity contribution in [2.45, 2.75) is 45.7 Å². The molecule has 1 amide bonds. The van der Waals surface area contributed by atoms with Crippen LogP contribution in [0.4, 0.5) is 5.69 Å². The normalized spacial score (nSPS) is 12.0. The number of Topliss-reactive ketones (excluding diaryl/α,β-unsaturated/α-hetero) is 1. The molecule has 0 radical (unpaired) electrons. The number of pyridine rings is 2. The molecule has 4 aromatic rings. The lowest BCUT2D eigenvalue weighted by Crippen LogP contribution is -2.40. The van der Waals surface area contributed by atoms with E-state index in [4.69, 9.17) is 14.2 Å². The summed E-state index contributed by atoms with van der Waals surface area (Å²) in [6, 6.07) is 13.5. The smallest absolute Gasteiger partial charge is 0.325 e. The van der Waals surface area contributed by atoms with Crippen molar-refractivity contribution >= 4 is 29.3 Å². The van der Waals surface area contributed by atoms with Crippen LogP contribution in [0.1, 0.15) is 55.2 Å². The van der Waals surface area contributed by atoms with Gasteiger partial charge in [0.15, 0.2) is 5.78 Å². The lowest BCUT2D eigenvalue weighted by atomic mass is 9.91. The van der Waals surface area contributed by atoms with E-state index in [2.05, 4.69) is 25.3 Å². The zero-order valence-corrected chi connectivity index (χ0v) is 31.2. The number of aryl methyl sites for hydroxylation is 1. The van der Waals surface area contributed by atoms with Crippen LogP contribution in [0.15, 0.2) is 60.9 Å². The van der Waals surface area contributed by atoms with Crippen molar-refractivity contribution in [3.8, 4) is 22.6 Å². The Morgan fingerprint density at radius 3 is 2.00 bits per heavy atom. The van der Waals surface area contributed by atoms with E-state index in [-0.39, 0.29) is 36.7 Å². The molecule has 0 aliphatic heterocycles. The molecule has 0 aliphatic rings. The number of nitrogens with zero attached hydrogens (tertiary/aromatic N) is 2. The average molecular weight is 743 g/mol. The predicted molar refractivity (Wildman–Crippen MR) is 200 cm³/mol. The number of aliphatic hydroxyl groups is 2. The first-order valence-corrected chi connectivity index (χ1v) is 17.2. The Bertz CT molecular complexity index is 1840. The van der Waals surface area contributed by atoms with Gasteiger partial charge in [-0.1, -0.05) is 30.3 Å². The Balaban J connectivity index is 1.50. The van der Waals surface area contributed by atoms with Crippen molar-refractivity contribution in [1.29, 1.82) is 0 Å². The molecule has 0 fully saturated rings. The van der Waals surface area contributed by atoms with E-state index in [1.165, 1.54) is 46.9 Å². The summed E-state index contributed by atoms with van der Waals surface area (Å²) < 4.78 is 20.4. The van der Waals surface area contributed by atoms with E-state index >= 15 is 0 Å². The van der Waals surface area contributed by atoms with E-state index in [1.54, 1.807) is 12.1 Å². The molecule has 2 aromatic carbocycles. The molecule has 14 heteroatoms. The zero-order valence-electron chi connectivity index (χ0n) is 31.2. The molecule has 0 unspecified atom stereocenters. The summed E-state index contributed by atoms with van der Waals surface area (Å²) in [4.78, 5) is 59.3. The molecule has 4 N–H and O–H groups in total. The standard InChI is InChI=1S/C40H46N4O10/c1-23-25(15-35(47)32-16-37(52-4)28(19-41-32)20-43-34(22-46)40(50)54-6)9-7-10-29(23)30-11-8-12-31(24(30)2)44-38(48)33-17-36(51-3)26(18-42-33)13-14-27(21-45)39(49)53-5/h7-12,16-19,27,34,43,45-46H,13-15,20-22H2,1-6H3,(H,44,48)/t27-,34-/m1/s1. The number of rotatable bonds is 18. The lowest BCUT2D eigenvalue weighted by Gasteiger charge is -2.17. The number of amides is 1. The summed E-state index contributed by atoms with van der Waals surface area (Å²) in [7, 11) is 5.46. The average Bonchev–Trinajstić information content (AvgIpc) is 3.19. The van der Waals surface area contributed by atoms with Crippen LogP contribution in [0.3, 0.4) is 0 Å². The number of ketones is 1. The van der Waals surface area contributed by atoms with Gasteiger partial charge in [-0.05, 0) is 60.6 Å². The molecule has 14 nitrogen and oxygen atoms in total. The minimum atomic E-state index is -0.921. The lowest BCUT2D eigenvalue weighted by molar-refractivity contribution is -0.147. The molecular formula is C40H46N4O10. The number of aliphatic hydroxyl groups excluding tert-OH is 2. The van der Waals surface area contributed by atoms with E-state index in [1.807, 2.05) is 44.2 Å². The van der Waals surface area contributed by atoms with Crippen molar-refractivity contribution in [2.75, 3.05) is 47.0 Å². The molecule has 4 rings (SSSR count). The Morgan fingerprint density at radius 1 is 0.741 bits per heavy atom. The molecule has 0 saturated carbocycles. The van der Waals surface area contributed by atoms with Crippen LogP contribution in [0, 0.1) is 19.8 Å². The van der Waals surface area contributed by atoms with Crippen molar-refractivity contribution in [3.05, 3.63) is 100 Å². The minimum Gasteiger partial charge on any atom is -0.496 e. The number of ether oxygens (including phenoxy) is 4. The number of methoxy groups -OCH3 is 4. The van der Waals surface area contributed by atoms with Crippen molar-refractivity contribution in [2.24, 2.45) is 5.92 Å². The van der Waals surface area contributed by atoms with Gasteiger partial charge in [0.2, 0.25) is 0 Å². The first-order valence-electron chi connectivity index (χ1n) is 17.2. The van der Waals surface area contributed by atoms with Gasteiger partial charge in [0.05, 0.1) is 47.6 Å². The molecule has 0 bridgehead atoms. The maximum atomic E-state index is 13.5. The third kappa shape index (κ3) is 9.83. The second-order valence-electron chi connectivity index (χ2n) is 12.5. The molecule has 0 aliphatic carbocycles. The number of hydrogen-bond acceptors (Lipinski definition) is 13. The fraction of sp³-hybridized carbons (Fsp3) is 0.350. The Kier molecular flexibility index (Phi) is 14.7. The molecular weight excluding hydrogens is 696 g/mol. The predicted octanol–water partition coefficient (Wildman–Crippen LogP) is 3.79. The van der Waals surface area contributed by atoms with Crippen LogP contribution in [0.5, 0.6) is 11.5 Å². The van der Waals surface area contributed by atoms with Crippen LogP contribution < -0.4 is 20.1 Å². The van der Waals surface area contributed by atoms with E-state index < -0.39 is 36.4 Å². The molecule has 0 spiro atoms. The van der Waals surface area contributed by atoms with Crippen LogP contribution in [0.2, 0.25) is 0 Å². The SMILES string of the molecule is COC(=O)[C@@H](CO)CCc1cnc(C(=O)Nc2cccc(-c3cccc(CC(=O)c4cc(OC)c(CN[C@H](CO)C(=O)OC)cn4)c3C)c2C)cc1OC. The quantitative estimate of drug-likeness (QED) is 0.0850. The van der Waals surface area contributed by atoms with Gasteiger partial charge in [-0.2, -0.15) is 0 Å². The molecule has 54 heavy (non-hydrogen) atoms. The number of aromatic nitrogens is 2. The van der Waals surface area contributed by atoms with Crippen LogP contribution in [-0.4, -0.2) is 91.5 Å². The zero-order chi connectivity index (χ0) is 39.4. The minimum absolute atomic E-state index is 0.0741. The van der Waals surface area contributed by atoms with Crippen molar-refractivity contribution in [1.82, 2.24) is 15.3 Å². The first kappa shape index (κ1) is 41.1. The highest BCUT2D eigenvalue weighted by Crippen LogP contribution is 2.33. The van der Waals surface area contributed by atoms with Crippen LogP contribution in [-0.2, 0) is 38.4 Å². The Morgan fingerprint density at radius 2 is 1.35 bits per heavy atom. The van der Waals surface area contributed by atoms with E-state index in [9.17, 15) is 29.4 Å². The van der Waals surface area contributed by atoms with Crippen LogP contribution >= 0.6 is 0 Å².